The van der Waals surface area contributed by atoms with Crippen LogP contribution in [0.5, 0.6) is 0 Å². The third-order valence-corrected chi connectivity index (χ3v) is 1.86. The standard InChI is InChI=1S/C8H12BrF3/c1-7(3-2-6-9)4-5-8(10,11)12/h3H,2,4-6H2,1H3. The van der Waals surface area contributed by atoms with E-state index in [4.69, 9.17) is 0 Å². The largest absolute Gasteiger partial charge is 0.389 e. The van der Waals surface area contributed by atoms with Crippen LogP contribution in [0.1, 0.15) is 26.2 Å². The molecule has 0 aromatic heterocycles. The van der Waals surface area contributed by atoms with Gasteiger partial charge in [-0.05, 0) is 19.8 Å². The van der Waals surface area contributed by atoms with E-state index in [1.165, 1.54) is 0 Å². The van der Waals surface area contributed by atoms with Gasteiger partial charge in [-0.15, -0.1) is 0 Å². The maximum absolute atomic E-state index is 11.7. The van der Waals surface area contributed by atoms with Gasteiger partial charge < -0.3 is 0 Å². The second-order valence-corrected chi connectivity index (χ2v) is 3.44. The van der Waals surface area contributed by atoms with Crippen molar-refractivity contribution in [1.29, 1.82) is 0 Å². The van der Waals surface area contributed by atoms with Crippen LogP contribution in [0.25, 0.3) is 0 Å². The molecule has 0 aliphatic rings. The van der Waals surface area contributed by atoms with E-state index in [1.54, 1.807) is 6.92 Å². The normalized spacial score (nSPS) is 13.6. The van der Waals surface area contributed by atoms with Crippen LogP contribution in [-0.2, 0) is 0 Å². The number of hydrogen-bond donors (Lipinski definition) is 0. The van der Waals surface area contributed by atoms with E-state index < -0.39 is 12.6 Å². The molecule has 0 fully saturated rings. The lowest BCUT2D eigenvalue weighted by Gasteiger charge is -2.05. The van der Waals surface area contributed by atoms with E-state index in [1.807, 2.05) is 6.08 Å². The van der Waals surface area contributed by atoms with Gasteiger partial charge in [-0.2, -0.15) is 13.2 Å². The minimum absolute atomic E-state index is 0.122. The van der Waals surface area contributed by atoms with Crippen LogP contribution >= 0.6 is 15.9 Å². The van der Waals surface area contributed by atoms with E-state index in [0.29, 0.717) is 0 Å². The summed E-state index contributed by atoms with van der Waals surface area (Å²) in [5.41, 5.74) is 0.812. The summed E-state index contributed by atoms with van der Waals surface area (Å²) in [4.78, 5) is 0. The Kier molecular flexibility index (Phi) is 5.63. The van der Waals surface area contributed by atoms with E-state index in [9.17, 15) is 13.2 Å². The molecule has 72 valence electrons. The highest BCUT2D eigenvalue weighted by atomic mass is 79.9. The van der Waals surface area contributed by atoms with Crippen LogP contribution in [0.2, 0.25) is 0 Å². The summed E-state index contributed by atoms with van der Waals surface area (Å²) in [6.07, 6.45) is -1.98. The fraction of sp³-hybridized carbons (Fsp3) is 0.750. The topological polar surface area (TPSA) is 0 Å². The van der Waals surface area contributed by atoms with E-state index >= 15 is 0 Å². The molecule has 0 bridgehead atoms. The Morgan fingerprint density at radius 1 is 1.42 bits per heavy atom. The predicted molar refractivity (Wildman–Crippen MR) is 47.5 cm³/mol. The summed E-state index contributed by atoms with van der Waals surface area (Å²) >= 11 is 3.20. The molecule has 0 unspecified atom stereocenters. The molecule has 0 aromatic rings. The summed E-state index contributed by atoms with van der Waals surface area (Å²) in [6.45, 7) is 1.73. The Morgan fingerprint density at radius 3 is 2.42 bits per heavy atom. The number of hydrogen-bond acceptors (Lipinski definition) is 0. The summed E-state index contributed by atoms with van der Waals surface area (Å²) in [6, 6.07) is 0. The Hall–Kier alpha value is 0.01000. The van der Waals surface area contributed by atoms with Crippen LogP contribution in [-0.4, -0.2) is 11.5 Å². The first-order chi connectivity index (χ1) is 5.45. The van der Waals surface area contributed by atoms with E-state index in [0.717, 1.165) is 17.3 Å². The second kappa shape index (κ2) is 5.62. The number of rotatable bonds is 4. The van der Waals surface area contributed by atoms with Gasteiger partial charge >= 0.3 is 6.18 Å². The van der Waals surface area contributed by atoms with Gasteiger partial charge in [-0.1, -0.05) is 27.6 Å². The minimum atomic E-state index is -4.02. The average Bonchev–Trinajstić information content (AvgIpc) is 1.95. The Morgan fingerprint density at radius 2 is 2.00 bits per heavy atom. The molecule has 0 rings (SSSR count). The van der Waals surface area contributed by atoms with E-state index in [2.05, 4.69) is 15.9 Å². The predicted octanol–water partition coefficient (Wildman–Crippen LogP) is 4.06. The van der Waals surface area contributed by atoms with Gasteiger partial charge in [0.1, 0.15) is 0 Å². The smallest absolute Gasteiger partial charge is 0.171 e. The maximum Gasteiger partial charge on any atom is 0.389 e. The molecular weight excluding hydrogens is 233 g/mol. The van der Waals surface area contributed by atoms with Crippen molar-refractivity contribution < 1.29 is 13.2 Å². The minimum Gasteiger partial charge on any atom is -0.171 e. The quantitative estimate of drug-likeness (QED) is 0.517. The number of alkyl halides is 4. The molecular formula is C8H12BrF3. The molecule has 0 heterocycles. The number of halogens is 4. The van der Waals surface area contributed by atoms with Crippen LogP contribution in [0.15, 0.2) is 11.6 Å². The zero-order valence-corrected chi connectivity index (χ0v) is 8.50. The lowest BCUT2D eigenvalue weighted by atomic mass is 10.1. The third-order valence-electron chi connectivity index (χ3n) is 1.40. The Balaban J connectivity index is 3.63. The molecule has 0 aromatic carbocycles. The first-order valence-corrected chi connectivity index (χ1v) is 4.86. The van der Waals surface area contributed by atoms with Gasteiger partial charge in [0.15, 0.2) is 0 Å². The highest BCUT2D eigenvalue weighted by Crippen LogP contribution is 2.23. The van der Waals surface area contributed by atoms with E-state index in [-0.39, 0.29) is 6.42 Å². The average molecular weight is 245 g/mol. The highest BCUT2D eigenvalue weighted by molar-refractivity contribution is 9.09. The SMILES string of the molecule is CC(=CCCBr)CCC(F)(F)F. The van der Waals surface area contributed by atoms with Crippen molar-refractivity contribution in [1.82, 2.24) is 0 Å². The van der Waals surface area contributed by atoms with Crippen molar-refractivity contribution in [3.8, 4) is 0 Å². The molecule has 0 saturated heterocycles. The Labute approximate surface area is 79.0 Å². The van der Waals surface area contributed by atoms with Crippen LogP contribution in [0, 0.1) is 0 Å². The van der Waals surface area contributed by atoms with Crippen LogP contribution < -0.4 is 0 Å². The molecule has 0 spiro atoms. The number of allylic oxidation sites excluding steroid dienone is 2. The van der Waals surface area contributed by atoms with Crippen molar-refractivity contribution in [3.05, 3.63) is 11.6 Å². The zero-order valence-electron chi connectivity index (χ0n) is 6.92. The maximum atomic E-state index is 11.7. The summed E-state index contributed by atoms with van der Waals surface area (Å²) in [5.74, 6) is 0. The second-order valence-electron chi connectivity index (χ2n) is 2.64. The molecule has 0 saturated carbocycles. The fourth-order valence-electron chi connectivity index (χ4n) is 0.742. The van der Waals surface area contributed by atoms with Crippen molar-refractivity contribution in [2.45, 2.75) is 32.4 Å². The van der Waals surface area contributed by atoms with Crippen molar-refractivity contribution in [2.24, 2.45) is 0 Å². The van der Waals surface area contributed by atoms with Gasteiger partial charge in [-0.25, -0.2) is 0 Å². The van der Waals surface area contributed by atoms with Crippen molar-refractivity contribution in [3.63, 3.8) is 0 Å². The van der Waals surface area contributed by atoms with Gasteiger partial charge in [-0.3, -0.25) is 0 Å². The molecule has 0 amide bonds. The molecule has 4 heteroatoms. The van der Waals surface area contributed by atoms with Crippen molar-refractivity contribution >= 4 is 15.9 Å². The monoisotopic (exact) mass is 244 g/mol. The van der Waals surface area contributed by atoms with Gasteiger partial charge in [0.2, 0.25) is 0 Å². The first kappa shape index (κ1) is 12.0. The Bertz CT molecular complexity index is 149. The summed E-state index contributed by atoms with van der Waals surface area (Å²) in [5, 5.41) is 0.802. The van der Waals surface area contributed by atoms with Crippen molar-refractivity contribution in [2.75, 3.05) is 5.33 Å². The lowest BCUT2D eigenvalue weighted by molar-refractivity contribution is -0.133. The van der Waals surface area contributed by atoms with Crippen LogP contribution in [0.4, 0.5) is 13.2 Å². The third kappa shape index (κ3) is 8.11. The molecule has 0 aliphatic carbocycles. The molecule has 0 aliphatic heterocycles. The van der Waals surface area contributed by atoms with Crippen LogP contribution in [0.3, 0.4) is 0 Å². The molecule has 0 radical (unpaired) electrons. The highest BCUT2D eigenvalue weighted by Gasteiger charge is 2.26. The first-order valence-electron chi connectivity index (χ1n) is 3.74. The molecule has 12 heavy (non-hydrogen) atoms. The summed E-state index contributed by atoms with van der Waals surface area (Å²) < 4.78 is 35.1. The molecule has 0 nitrogen and oxygen atoms in total. The molecule has 0 N–H and O–H groups in total. The molecule has 0 atom stereocenters. The summed E-state index contributed by atoms with van der Waals surface area (Å²) in [7, 11) is 0. The zero-order chi connectivity index (χ0) is 9.61. The van der Waals surface area contributed by atoms with Gasteiger partial charge in [0.05, 0.1) is 0 Å². The fourth-order valence-corrected chi connectivity index (χ4v) is 0.971. The van der Waals surface area contributed by atoms with Gasteiger partial charge in [0, 0.05) is 11.8 Å². The lowest BCUT2D eigenvalue weighted by Crippen LogP contribution is -2.06. The van der Waals surface area contributed by atoms with Gasteiger partial charge in [0.25, 0.3) is 0 Å².